The molecule has 2 aromatic carbocycles. The Hall–Kier alpha value is -2.23. The molecule has 0 atom stereocenters. The Kier molecular flexibility index (Phi) is 7.63. The summed E-state index contributed by atoms with van der Waals surface area (Å²) in [4.78, 5) is 4.36. The molecule has 1 heterocycles. The predicted molar refractivity (Wildman–Crippen MR) is 112 cm³/mol. The largest absolute Gasteiger partial charge is 0.491 e. The van der Waals surface area contributed by atoms with Gasteiger partial charge in [0, 0.05) is 38.4 Å². The van der Waals surface area contributed by atoms with Crippen molar-refractivity contribution in [2.24, 2.45) is 0 Å². The third kappa shape index (κ3) is 5.90. The Labute approximate surface area is 176 Å². The Morgan fingerprint density at radius 3 is 2.37 bits per heavy atom. The van der Waals surface area contributed by atoms with E-state index in [1.54, 1.807) is 19.1 Å². The van der Waals surface area contributed by atoms with Crippen molar-refractivity contribution in [3.8, 4) is 5.75 Å². The van der Waals surface area contributed by atoms with Gasteiger partial charge < -0.3 is 9.64 Å². The van der Waals surface area contributed by atoms with Crippen LogP contribution in [0.15, 0.2) is 47.4 Å². The SMILES string of the molecule is CCOc1ccc(S(=O)(=O)NCCCN2CCN(c3ccc(F)cc3)CC2)cc1F. The molecule has 9 heteroatoms. The number of nitrogens with one attached hydrogen (secondary N) is 1. The monoisotopic (exact) mass is 439 g/mol. The van der Waals surface area contributed by atoms with Gasteiger partial charge in [-0.3, -0.25) is 4.90 Å². The summed E-state index contributed by atoms with van der Waals surface area (Å²) < 4.78 is 59.3. The molecule has 0 amide bonds. The van der Waals surface area contributed by atoms with Gasteiger partial charge in [-0.1, -0.05) is 0 Å². The fourth-order valence-corrected chi connectivity index (χ4v) is 4.48. The molecule has 30 heavy (non-hydrogen) atoms. The lowest BCUT2D eigenvalue weighted by Crippen LogP contribution is -2.47. The number of rotatable bonds is 9. The topological polar surface area (TPSA) is 61.9 Å². The fourth-order valence-electron chi connectivity index (χ4n) is 3.40. The predicted octanol–water partition coefficient (Wildman–Crippen LogP) is 2.85. The lowest BCUT2D eigenvalue weighted by Gasteiger charge is -2.36. The fraction of sp³-hybridized carbons (Fsp3) is 0.429. The zero-order valence-corrected chi connectivity index (χ0v) is 17.8. The van der Waals surface area contributed by atoms with Crippen LogP contribution in [0.25, 0.3) is 0 Å². The second-order valence-corrected chi connectivity index (χ2v) is 8.85. The van der Waals surface area contributed by atoms with Crippen molar-refractivity contribution in [3.05, 3.63) is 54.1 Å². The average molecular weight is 440 g/mol. The van der Waals surface area contributed by atoms with Gasteiger partial charge >= 0.3 is 0 Å². The number of hydrogen-bond acceptors (Lipinski definition) is 5. The quantitative estimate of drug-likeness (QED) is 0.609. The number of halogens is 2. The van der Waals surface area contributed by atoms with Gasteiger partial charge in [-0.15, -0.1) is 0 Å². The van der Waals surface area contributed by atoms with Gasteiger partial charge in [0.05, 0.1) is 11.5 Å². The molecule has 1 aliphatic rings. The molecule has 1 N–H and O–H groups in total. The molecule has 164 valence electrons. The highest BCUT2D eigenvalue weighted by Crippen LogP contribution is 2.21. The molecular weight excluding hydrogens is 412 g/mol. The molecule has 6 nitrogen and oxygen atoms in total. The maximum absolute atomic E-state index is 13.9. The first kappa shape index (κ1) is 22.5. The van der Waals surface area contributed by atoms with Crippen LogP contribution in [-0.2, 0) is 10.0 Å². The van der Waals surface area contributed by atoms with Crippen LogP contribution in [0.3, 0.4) is 0 Å². The standard InChI is InChI=1S/C21H27F2N3O3S/c1-2-29-21-9-8-19(16-20(21)23)30(27,28)24-10-3-11-25-12-14-26(15-13-25)18-6-4-17(22)5-7-18/h4-9,16,24H,2-3,10-15H2,1H3. The van der Waals surface area contributed by atoms with E-state index in [2.05, 4.69) is 14.5 Å². The van der Waals surface area contributed by atoms with Crippen molar-refractivity contribution in [1.29, 1.82) is 0 Å². The summed E-state index contributed by atoms with van der Waals surface area (Å²) in [7, 11) is -3.77. The number of ether oxygens (including phenoxy) is 1. The number of piperazine rings is 1. The molecule has 3 rings (SSSR count). The van der Waals surface area contributed by atoms with E-state index in [9.17, 15) is 17.2 Å². The Balaban J connectivity index is 1.41. The second-order valence-electron chi connectivity index (χ2n) is 7.08. The van der Waals surface area contributed by atoms with E-state index in [1.807, 2.05) is 0 Å². The molecule has 1 saturated heterocycles. The molecule has 0 bridgehead atoms. The van der Waals surface area contributed by atoms with Gasteiger partial charge in [-0.2, -0.15) is 0 Å². The van der Waals surface area contributed by atoms with Crippen LogP contribution < -0.4 is 14.4 Å². The first-order valence-electron chi connectivity index (χ1n) is 10.0. The van der Waals surface area contributed by atoms with E-state index in [-0.39, 0.29) is 23.0 Å². The third-order valence-electron chi connectivity index (χ3n) is 5.02. The maximum atomic E-state index is 13.9. The molecular formula is C21H27F2N3O3S. The van der Waals surface area contributed by atoms with E-state index in [4.69, 9.17) is 4.74 Å². The van der Waals surface area contributed by atoms with Crippen molar-refractivity contribution in [2.75, 3.05) is 50.8 Å². The number of nitrogens with zero attached hydrogens (tertiary/aromatic N) is 2. The molecule has 0 spiro atoms. The Morgan fingerprint density at radius 1 is 1.03 bits per heavy atom. The number of benzene rings is 2. The summed E-state index contributed by atoms with van der Waals surface area (Å²) in [5.74, 6) is -0.900. The van der Waals surface area contributed by atoms with E-state index in [1.165, 1.54) is 24.3 Å². The molecule has 2 aromatic rings. The summed E-state index contributed by atoms with van der Waals surface area (Å²) in [6.07, 6.45) is 0.648. The first-order chi connectivity index (χ1) is 14.4. The zero-order chi connectivity index (χ0) is 21.6. The minimum absolute atomic E-state index is 0.0382. The lowest BCUT2D eigenvalue weighted by atomic mass is 10.2. The smallest absolute Gasteiger partial charge is 0.240 e. The van der Waals surface area contributed by atoms with Crippen LogP contribution in [-0.4, -0.2) is 59.2 Å². The van der Waals surface area contributed by atoms with Crippen LogP contribution in [0.4, 0.5) is 14.5 Å². The van der Waals surface area contributed by atoms with E-state index < -0.39 is 15.8 Å². The van der Waals surface area contributed by atoms with Crippen LogP contribution in [0, 0.1) is 11.6 Å². The molecule has 1 fully saturated rings. The van der Waals surface area contributed by atoms with Crippen molar-refractivity contribution >= 4 is 15.7 Å². The van der Waals surface area contributed by atoms with Gasteiger partial charge in [0.2, 0.25) is 10.0 Å². The molecule has 1 aliphatic heterocycles. The highest BCUT2D eigenvalue weighted by molar-refractivity contribution is 7.89. The lowest BCUT2D eigenvalue weighted by molar-refractivity contribution is 0.255. The number of anilines is 1. The van der Waals surface area contributed by atoms with Crippen molar-refractivity contribution in [2.45, 2.75) is 18.2 Å². The zero-order valence-electron chi connectivity index (χ0n) is 17.0. The summed E-state index contributed by atoms with van der Waals surface area (Å²) in [6.45, 7) is 6.45. The summed E-state index contributed by atoms with van der Waals surface area (Å²) in [5, 5.41) is 0. The first-order valence-corrected chi connectivity index (χ1v) is 11.5. The van der Waals surface area contributed by atoms with Gasteiger partial charge in [0.25, 0.3) is 0 Å². The van der Waals surface area contributed by atoms with Gasteiger partial charge in [-0.25, -0.2) is 21.9 Å². The van der Waals surface area contributed by atoms with Crippen LogP contribution >= 0.6 is 0 Å². The summed E-state index contributed by atoms with van der Waals surface area (Å²) >= 11 is 0. The van der Waals surface area contributed by atoms with Crippen LogP contribution in [0.1, 0.15) is 13.3 Å². The molecule has 0 aliphatic carbocycles. The molecule has 0 radical (unpaired) electrons. The van der Waals surface area contributed by atoms with Crippen molar-refractivity contribution in [1.82, 2.24) is 9.62 Å². The van der Waals surface area contributed by atoms with Crippen LogP contribution in [0.5, 0.6) is 5.75 Å². The molecule has 0 saturated carbocycles. The molecule has 0 aromatic heterocycles. The Morgan fingerprint density at radius 2 is 1.73 bits per heavy atom. The summed E-state index contributed by atoms with van der Waals surface area (Å²) in [6, 6.07) is 10.1. The van der Waals surface area contributed by atoms with Crippen LogP contribution in [0.2, 0.25) is 0 Å². The van der Waals surface area contributed by atoms with Crippen molar-refractivity contribution < 1.29 is 21.9 Å². The van der Waals surface area contributed by atoms with Gasteiger partial charge in [0.15, 0.2) is 11.6 Å². The minimum Gasteiger partial charge on any atom is -0.491 e. The van der Waals surface area contributed by atoms with E-state index in [0.717, 1.165) is 44.5 Å². The number of hydrogen-bond donors (Lipinski definition) is 1. The second kappa shape index (κ2) is 10.2. The molecule has 0 unspecified atom stereocenters. The van der Waals surface area contributed by atoms with E-state index in [0.29, 0.717) is 13.0 Å². The highest BCUT2D eigenvalue weighted by Gasteiger charge is 2.19. The third-order valence-corrected chi connectivity index (χ3v) is 6.48. The Bertz CT molecular complexity index is 931. The van der Waals surface area contributed by atoms with Gasteiger partial charge in [-0.05, 0) is 62.4 Å². The highest BCUT2D eigenvalue weighted by atomic mass is 32.2. The number of sulfonamides is 1. The average Bonchev–Trinajstić information content (AvgIpc) is 2.74. The minimum atomic E-state index is -3.77. The maximum Gasteiger partial charge on any atom is 0.240 e. The van der Waals surface area contributed by atoms with E-state index >= 15 is 0 Å². The normalized spacial score (nSPS) is 15.4. The van der Waals surface area contributed by atoms with Crippen molar-refractivity contribution in [3.63, 3.8) is 0 Å². The summed E-state index contributed by atoms with van der Waals surface area (Å²) in [5.41, 5.74) is 1.01. The van der Waals surface area contributed by atoms with Gasteiger partial charge in [0.1, 0.15) is 5.82 Å².